The molecule has 19 heavy (non-hydrogen) atoms. The van der Waals surface area contributed by atoms with Crippen LogP contribution >= 0.6 is 0 Å². The highest BCUT2D eigenvalue weighted by atomic mass is 19.2. The fourth-order valence-electron chi connectivity index (χ4n) is 2.30. The Labute approximate surface area is 109 Å². The zero-order valence-electron chi connectivity index (χ0n) is 10.5. The van der Waals surface area contributed by atoms with Crippen molar-refractivity contribution in [2.75, 3.05) is 0 Å². The van der Waals surface area contributed by atoms with Crippen LogP contribution in [0.2, 0.25) is 0 Å². The van der Waals surface area contributed by atoms with Gasteiger partial charge in [0.2, 0.25) is 0 Å². The van der Waals surface area contributed by atoms with E-state index < -0.39 is 11.6 Å². The molecule has 1 aromatic carbocycles. The maximum atomic E-state index is 13.3. The molecule has 0 fully saturated rings. The van der Waals surface area contributed by atoms with Gasteiger partial charge in [0, 0.05) is 29.9 Å². The van der Waals surface area contributed by atoms with E-state index in [0.717, 1.165) is 42.0 Å². The average molecular weight is 261 g/mol. The molecule has 0 amide bonds. The molecule has 98 valence electrons. The second-order valence-electron chi connectivity index (χ2n) is 4.51. The number of aryl methyl sites for hydroxylation is 1. The topological polar surface area (TPSA) is 37.8 Å². The largest absolute Gasteiger partial charge is 0.307 e. The maximum absolute atomic E-state index is 13.3. The third-order valence-electron chi connectivity index (χ3n) is 3.29. The summed E-state index contributed by atoms with van der Waals surface area (Å²) in [6.45, 7) is 3.49. The minimum Gasteiger partial charge on any atom is -0.307 e. The molecule has 5 heteroatoms. The second kappa shape index (κ2) is 4.66. The van der Waals surface area contributed by atoms with Gasteiger partial charge < -0.3 is 5.32 Å². The molecule has 0 bridgehead atoms. The number of hydrogen-bond acceptors (Lipinski definition) is 3. The van der Waals surface area contributed by atoms with Crippen LogP contribution in [-0.2, 0) is 19.5 Å². The van der Waals surface area contributed by atoms with E-state index in [9.17, 15) is 8.78 Å². The molecule has 0 aliphatic carbocycles. The predicted octanol–water partition coefficient (Wildman–Crippen LogP) is 2.59. The van der Waals surface area contributed by atoms with Gasteiger partial charge >= 0.3 is 0 Å². The SMILES string of the molecule is CCc1nc(-c2ccc(F)c(F)c2)nc2c1CNC2. The van der Waals surface area contributed by atoms with Gasteiger partial charge in [0.25, 0.3) is 0 Å². The van der Waals surface area contributed by atoms with Crippen LogP contribution in [-0.4, -0.2) is 9.97 Å². The van der Waals surface area contributed by atoms with Crippen molar-refractivity contribution in [2.24, 2.45) is 0 Å². The lowest BCUT2D eigenvalue weighted by Gasteiger charge is -2.08. The highest BCUT2D eigenvalue weighted by Crippen LogP contribution is 2.23. The zero-order valence-corrected chi connectivity index (χ0v) is 10.5. The summed E-state index contributed by atoms with van der Waals surface area (Å²) in [6.07, 6.45) is 0.795. The Morgan fingerprint density at radius 1 is 1.16 bits per heavy atom. The third-order valence-corrected chi connectivity index (χ3v) is 3.29. The smallest absolute Gasteiger partial charge is 0.159 e. The Morgan fingerprint density at radius 3 is 2.74 bits per heavy atom. The summed E-state index contributed by atoms with van der Waals surface area (Å²) in [5.74, 6) is -1.28. The van der Waals surface area contributed by atoms with Crippen molar-refractivity contribution in [3.05, 3.63) is 46.8 Å². The van der Waals surface area contributed by atoms with Gasteiger partial charge in [-0.05, 0) is 24.6 Å². The molecule has 3 rings (SSSR count). The summed E-state index contributed by atoms with van der Waals surface area (Å²) >= 11 is 0. The van der Waals surface area contributed by atoms with Crippen molar-refractivity contribution in [1.29, 1.82) is 0 Å². The monoisotopic (exact) mass is 261 g/mol. The van der Waals surface area contributed by atoms with Crippen LogP contribution in [0.25, 0.3) is 11.4 Å². The molecule has 0 saturated carbocycles. The van der Waals surface area contributed by atoms with Crippen molar-refractivity contribution < 1.29 is 8.78 Å². The number of hydrogen-bond donors (Lipinski definition) is 1. The van der Waals surface area contributed by atoms with Gasteiger partial charge in [0.05, 0.1) is 5.69 Å². The maximum Gasteiger partial charge on any atom is 0.159 e. The fourth-order valence-corrected chi connectivity index (χ4v) is 2.30. The van der Waals surface area contributed by atoms with Gasteiger partial charge in [-0.1, -0.05) is 6.92 Å². The molecule has 0 atom stereocenters. The van der Waals surface area contributed by atoms with E-state index >= 15 is 0 Å². The molecule has 2 heterocycles. The number of nitrogens with one attached hydrogen (secondary N) is 1. The zero-order chi connectivity index (χ0) is 13.4. The van der Waals surface area contributed by atoms with E-state index in [2.05, 4.69) is 15.3 Å². The average Bonchev–Trinajstić information content (AvgIpc) is 2.89. The standard InChI is InChI=1S/C14H13F2N3/c1-2-12-9-6-17-7-13(9)19-14(18-12)8-3-4-10(15)11(16)5-8/h3-5,17H,2,6-7H2,1H3. The number of halogens is 2. The lowest BCUT2D eigenvalue weighted by molar-refractivity contribution is 0.509. The van der Waals surface area contributed by atoms with E-state index in [1.807, 2.05) is 6.92 Å². The molecule has 0 saturated heterocycles. The Kier molecular flexibility index (Phi) is 2.98. The van der Waals surface area contributed by atoms with Gasteiger partial charge in [0.15, 0.2) is 17.5 Å². The van der Waals surface area contributed by atoms with Crippen molar-refractivity contribution in [3.8, 4) is 11.4 Å². The second-order valence-corrected chi connectivity index (χ2v) is 4.51. The first-order valence-corrected chi connectivity index (χ1v) is 6.24. The van der Waals surface area contributed by atoms with Crippen LogP contribution in [0.15, 0.2) is 18.2 Å². The molecule has 1 N–H and O–H groups in total. The van der Waals surface area contributed by atoms with Crippen LogP contribution in [0, 0.1) is 11.6 Å². The number of aromatic nitrogens is 2. The van der Waals surface area contributed by atoms with Crippen molar-refractivity contribution >= 4 is 0 Å². The summed E-state index contributed by atoms with van der Waals surface area (Å²) in [4.78, 5) is 8.90. The summed E-state index contributed by atoms with van der Waals surface area (Å²) in [5, 5.41) is 3.23. The molecule has 2 aromatic rings. The van der Waals surface area contributed by atoms with E-state index in [1.165, 1.54) is 6.07 Å². The van der Waals surface area contributed by atoms with Crippen LogP contribution in [0.5, 0.6) is 0 Å². The van der Waals surface area contributed by atoms with Crippen molar-refractivity contribution in [2.45, 2.75) is 26.4 Å². The van der Waals surface area contributed by atoms with Crippen LogP contribution < -0.4 is 5.32 Å². The van der Waals surface area contributed by atoms with E-state index in [1.54, 1.807) is 0 Å². The molecule has 1 aliphatic rings. The minimum absolute atomic E-state index is 0.457. The Balaban J connectivity index is 2.12. The molecule has 1 aliphatic heterocycles. The van der Waals surface area contributed by atoms with E-state index in [-0.39, 0.29) is 0 Å². The summed E-state index contributed by atoms with van der Waals surface area (Å²) in [7, 11) is 0. The molecular weight excluding hydrogens is 248 g/mol. The number of benzene rings is 1. The van der Waals surface area contributed by atoms with Crippen LogP contribution in [0.3, 0.4) is 0 Å². The third kappa shape index (κ3) is 2.10. The molecule has 0 unspecified atom stereocenters. The van der Waals surface area contributed by atoms with Crippen molar-refractivity contribution in [1.82, 2.24) is 15.3 Å². The quantitative estimate of drug-likeness (QED) is 0.903. The predicted molar refractivity (Wildman–Crippen MR) is 67.3 cm³/mol. The van der Waals surface area contributed by atoms with Crippen LogP contribution in [0.4, 0.5) is 8.78 Å². The highest BCUT2D eigenvalue weighted by Gasteiger charge is 2.18. The van der Waals surface area contributed by atoms with E-state index in [0.29, 0.717) is 17.9 Å². The molecule has 0 radical (unpaired) electrons. The van der Waals surface area contributed by atoms with Gasteiger partial charge in [0.1, 0.15) is 0 Å². The Hall–Kier alpha value is -1.88. The Morgan fingerprint density at radius 2 is 2.00 bits per heavy atom. The van der Waals surface area contributed by atoms with E-state index in [4.69, 9.17) is 0 Å². The van der Waals surface area contributed by atoms with Crippen LogP contribution in [0.1, 0.15) is 23.9 Å². The van der Waals surface area contributed by atoms with Gasteiger partial charge in [-0.3, -0.25) is 0 Å². The van der Waals surface area contributed by atoms with Gasteiger partial charge in [-0.25, -0.2) is 18.7 Å². The lowest BCUT2D eigenvalue weighted by atomic mass is 10.1. The van der Waals surface area contributed by atoms with Gasteiger partial charge in [-0.2, -0.15) is 0 Å². The van der Waals surface area contributed by atoms with Crippen molar-refractivity contribution in [3.63, 3.8) is 0 Å². The first kappa shape index (κ1) is 12.2. The summed E-state index contributed by atoms with van der Waals surface area (Å²) < 4.78 is 26.2. The fraction of sp³-hybridized carbons (Fsp3) is 0.286. The minimum atomic E-state index is -0.877. The molecule has 3 nitrogen and oxygen atoms in total. The lowest BCUT2D eigenvalue weighted by Crippen LogP contribution is -2.03. The van der Waals surface area contributed by atoms with Gasteiger partial charge in [-0.15, -0.1) is 0 Å². The number of nitrogens with zero attached hydrogens (tertiary/aromatic N) is 2. The summed E-state index contributed by atoms with van der Waals surface area (Å²) in [5.41, 5.74) is 3.55. The number of fused-ring (bicyclic) bond motifs is 1. The normalized spacial score (nSPS) is 13.6. The summed E-state index contributed by atoms with van der Waals surface area (Å²) in [6, 6.07) is 3.74. The first-order valence-electron chi connectivity index (χ1n) is 6.24. The number of rotatable bonds is 2. The molecular formula is C14H13F2N3. The Bertz CT molecular complexity index is 641. The molecule has 0 spiro atoms. The molecule has 1 aromatic heterocycles. The highest BCUT2D eigenvalue weighted by molar-refractivity contribution is 5.56. The first-order chi connectivity index (χ1) is 9.19.